The van der Waals surface area contributed by atoms with Gasteiger partial charge in [-0.1, -0.05) is 6.07 Å². The van der Waals surface area contributed by atoms with E-state index in [2.05, 4.69) is 5.10 Å². The molecule has 2 aromatic heterocycles. The van der Waals surface area contributed by atoms with Crippen LogP contribution in [-0.4, -0.2) is 14.9 Å². The van der Waals surface area contributed by atoms with Gasteiger partial charge in [-0.25, -0.2) is 4.68 Å². The second kappa shape index (κ2) is 4.70. The van der Waals surface area contributed by atoms with Crippen molar-refractivity contribution in [2.75, 3.05) is 5.73 Å². The molecule has 0 atom stereocenters. The predicted molar refractivity (Wildman–Crippen MR) is 81.6 cm³/mol. The van der Waals surface area contributed by atoms with Crippen LogP contribution < -0.4 is 5.73 Å². The SMILES string of the molecule is Cc1ccc(O)c(C)c1-n1nc(-c2ccco2)c(C)c1N. The minimum absolute atomic E-state index is 0.225. The number of anilines is 1. The lowest BCUT2D eigenvalue weighted by Crippen LogP contribution is -2.06. The Hall–Kier alpha value is -2.69. The number of nitrogen functional groups attached to an aromatic ring is 1. The van der Waals surface area contributed by atoms with Crippen molar-refractivity contribution >= 4 is 5.82 Å². The van der Waals surface area contributed by atoms with Crippen molar-refractivity contribution in [1.29, 1.82) is 0 Å². The normalized spacial score (nSPS) is 11.0. The van der Waals surface area contributed by atoms with E-state index in [0.29, 0.717) is 17.3 Å². The minimum atomic E-state index is 0.225. The molecule has 5 heteroatoms. The number of rotatable bonds is 2. The van der Waals surface area contributed by atoms with Gasteiger partial charge >= 0.3 is 0 Å². The van der Waals surface area contributed by atoms with E-state index in [0.717, 1.165) is 22.4 Å². The molecule has 0 aliphatic carbocycles. The van der Waals surface area contributed by atoms with Crippen LogP contribution in [-0.2, 0) is 0 Å². The molecule has 5 nitrogen and oxygen atoms in total. The molecule has 0 aliphatic rings. The van der Waals surface area contributed by atoms with Gasteiger partial charge in [0.1, 0.15) is 17.3 Å². The van der Waals surface area contributed by atoms with Gasteiger partial charge in [-0.3, -0.25) is 0 Å². The van der Waals surface area contributed by atoms with Crippen molar-refractivity contribution < 1.29 is 9.52 Å². The molecule has 3 rings (SSSR count). The van der Waals surface area contributed by atoms with E-state index in [1.165, 1.54) is 0 Å². The Morgan fingerprint density at radius 3 is 2.57 bits per heavy atom. The average molecular weight is 283 g/mol. The number of hydrogen-bond acceptors (Lipinski definition) is 4. The van der Waals surface area contributed by atoms with Crippen molar-refractivity contribution in [3.8, 4) is 22.9 Å². The fraction of sp³-hybridized carbons (Fsp3) is 0.188. The van der Waals surface area contributed by atoms with Crippen LogP contribution in [0.25, 0.3) is 17.1 Å². The number of aromatic nitrogens is 2. The summed E-state index contributed by atoms with van der Waals surface area (Å²) in [6.07, 6.45) is 1.61. The summed E-state index contributed by atoms with van der Waals surface area (Å²) in [6, 6.07) is 7.19. The molecular formula is C16H17N3O2. The van der Waals surface area contributed by atoms with E-state index in [9.17, 15) is 5.11 Å². The molecule has 3 aromatic rings. The molecule has 0 unspecified atom stereocenters. The highest BCUT2D eigenvalue weighted by Crippen LogP contribution is 2.33. The lowest BCUT2D eigenvalue weighted by Gasteiger charge is -2.12. The number of nitrogens with zero attached hydrogens (tertiary/aromatic N) is 2. The third-order valence-electron chi connectivity index (χ3n) is 3.74. The highest BCUT2D eigenvalue weighted by atomic mass is 16.3. The Kier molecular flexibility index (Phi) is 2.97. The number of phenolic OH excluding ortho intramolecular Hbond substituents is 1. The van der Waals surface area contributed by atoms with Gasteiger partial charge in [0.2, 0.25) is 0 Å². The van der Waals surface area contributed by atoms with Gasteiger partial charge in [0, 0.05) is 11.1 Å². The molecule has 1 aromatic carbocycles. The average Bonchev–Trinajstić information content (AvgIpc) is 3.07. The molecule has 0 amide bonds. The number of phenols is 1. The van der Waals surface area contributed by atoms with Crippen molar-refractivity contribution in [3.63, 3.8) is 0 Å². The maximum atomic E-state index is 9.94. The van der Waals surface area contributed by atoms with Gasteiger partial charge < -0.3 is 15.3 Å². The molecule has 0 saturated heterocycles. The predicted octanol–water partition coefficient (Wildman–Crippen LogP) is 3.35. The number of aromatic hydroxyl groups is 1. The number of furan rings is 1. The number of nitrogens with two attached hydrogens (primary N) is 1. The van der Waals surface area contributed by atoms with E-state index in [1.54, 1.807) is 17.0 Å². The monoisotopic (exact) mass is 283 g/mol. The van der Waals surface area contributed by atoms with Gasteiger partial charge in [-0.05, 0) is 44.5 Å². The summed E-state index contributed by atoms with van der Waals surface area (Å²) in [7, 11) is 0. The van der Waals surface area contributed by atoms with Gasteiger partial charge in [0.25, 0.3) is 0 Å². The van der Waals surface area contributed by atoms with Gasteiger partial charge in [0.15, 0.2) is 5.76 Å². The molecule has 21 heavy (non-hydrogen) atoms. The zero-order valence-electron chi connectivity index (χ0n) is 12.2. The molecule has 0 saturated carbocycles. The summed E-state index contributed by atoms with van der Waals surface area (Å²) < 4.78 is 7.07. The summed E-state index contributed by atoms with van der Waals surface area (Å²) in [5.41, 5.74) is 10.3. The molecule has 0 fully saturated rings. The first-order valence-corrected chi connectivity index (χ1v) is 6.69. The zero-order chi connectivity index (χ0) is 15.1. The summed E-state index contributed by atoms with van der Waals surface area (Å²) >= 11 is 0. The Labute approximate surface area is 122 Å². The summed E-state index contributed by atoms with van der Waals surface area (Å²) in [4.78, 5) is 0. The summed E-state index contributed by atoms with van der Waals surface area (Å²) in [5.74, 6) is 1.44. The van der Waals surface area contributed by atoms with Crippen molar-refractivity contribution in [2.45, 2.75) is 20.8 Å². The molecular weight excluding hydrogens is 266 g/mol. The van der Waals surface area contributed by atoms with Gasteiger partial charge in [-0.2, -0.15) is 5.10 Å². The highest BCUT2D eigenvalue weighted by Gasteiger charge is 2.19. The Bertz CT molecular complexity index is 802. The quantitative estimate of drug-likeness (QED) is 0.756. The van der Waals surface area contributed by atoms with Gasteiger partial charge in [0.05, 0.1) is 12.0 Å². The summed E-state index contributed by atoms with van der Waals surface area (Å²) in [6.45, 7) is 5.72. The molecule has 0 spiro atoms. The van der Waals surface area contributed by atoms with Gasteiger partial charge in [-0.15, -0.1) is 0 Å². The second-order valence-corrected chi connectivity index (χ2v) is 5.12. The molecule has 2 heterocycles. The van der Waals surface area contributed by atoms with Crippen LogP contribution in [0.15, 0.2) is 34.9 Å². The lowest BCUT2D eigenvalue weighted by molar-refractivity contribution is 0.470. The maximum absolute atomic E-state index is 9.94. The first kappa shape index (κ1) is 13.3. The van der Waals surface area contributed by atoms with E-state index in [4.69, 9.17) is 10.2 Å². The van der Waals surface area contributed by atoms with Crippen LogP contribution >= 0.6 is 0 Å². The standard InChI is InChI=1S/C16H17N3O2/c1-9-6-7-12(20)10(2)15(9)19-16(17)11(3)14(18-19)13-5-4-8-21-13/h4-8,20H,17H2,1-3H3. The Morgan fingerprint density at radius 2 is 1.90 bits per heavy atom. The van der Waals surface area contributed by atoms with Crippen LogP contribution in [0.1, 0.15) is 16.7 Å². The molecule has 0 radical (unpaired) electrons. The van der Waals surface area contributed by atoms with E-state index in [-0.39, 0.29) is 5.75 Å². The van der Waals surface area contributed by atoms with E-state index in [1.807, 2.05) is 39.0 Å². The highest BCUT2D eigenvalue weighted by molar-refractivity contribution is 5.67. The lowest BCUT2D eigenvalue weighted by atomic mass is 10.1. The minimum Gasteiger partial charge on any atom is -0.508 e. The fourth-order valence-electron chi connectivity index (χ4n) is 2.48. The van der Waals surface area contributed by atoms with E-state index < -0.39 is 0 Å². The van der Waals surface area contributed by atoms with E-state index >= 15 is 0 Å². The van der Waals surface area contributed by atoms with Crippen LogP contribution in [0.2, 0.25) is 0 Å². The third-order valence-corrected chi connectivity index (χ3v) is 3.74. The van der Waals surface area contributed by atoms with Crippen molar-refractivity contribution in [3.05, 3.63) is 47.2 Å². The van der Waals surface area contributed by atoms with Crippen LogP contribution in [0, 0.1) is 20.8 Å². The maximum Gasteiger partial charge on any atom is 0.154 e. The zero-order valence-corrected chi connectivity index (χ0v) is 12.2. The van der Waals surface area contributed by atoms with Crippen molar-refractivity contribution in [2.24, 2.45) is 0 Å². The second-order valence-electron chi connectivity index (χ2n) is 5.12. The Balaban J connectivity index is 2.26. The summed E-state index contributed by atoms with van der Waals surface area (Å²) in [5, 5.41) is 14.5. The molecule has 0 aliphatic heterocycles. The van der Waals surface area contributed by atoms with Crippen LogP contribution in [0.5, 0.6) is 5.75 Å². The Morgan fingerprint density at radius 1 is 1.14 bits per heavy atom. The third kappa shape index (κ3) is 1.98. The largest absolute Gasteiger partial charge is 0.508 e. The molecule has 0 bridgehead atoms. The molecule has 108 valence electrons. The smallest absolute Gasteiger partial charge is 0.154 e. The topological polar surface area (TPSA) is 77.2 Å². The van der Waals surface area contributed by atoms with Crippen molar-refractivity contribution in [1.82, 2.24) is 9.78 Å². The first-order valence-electron chi connectivity index (χ1n) is 6.69. The first-order chi connectivity index (χ1) is 10.0. The number of aryl methyl sites for hydroxylation is 1. The fourth-order valence-corrected chi connectivity index (χ4v) is 2.48. The van der Waals surface area contributed by atoms with Crippen LogP contribution in [0.3, 0.4) is 0 Å². The molecule has 3 N–H and O–H groups in total. The number of benzene rings is 1. The van der Waals surface area contributed by atoms with Crippen LogP contribution in [0.4, 0.5) is 5.82 Å². The number of hydrogen-bond donors (Lipinski definition) is 2.